The summed E-state index contributed by atoms with van der Waals surface area (Å²) in [6.45, 7) is 7.02. The first-order valence-corrected chi connectivity index (χ1v) is 9.06. The lowest BCUT2D eigenvalue weighted by Crippen LogP contribution is -2.39. The fourth-order valence-electron chi connectivity index (χ4n) is 2.33. The van der Waals surface area contributed by atoms with Gasteiger partial charge >= 0.3 is 0 Å². The highest BCUT2D eigenvalue weighted by Crippen LogP contribution is 2.22. The maximum atomic E-state index is 10.2. The van der Waals surface area contributed by atoms with E-state index in [1.54, 1.807) is 11.8 Å². The average molecular weight is 343 g/mol. The standard InChI is InChI=1S/C15H23ClN4OS/c1-10(2)20-14-12(7-18-20)5-11(13(16)19-14)6-17-8-15(3,21)9-22-4/h5,7,10,17,21H,6,8-9H2,1-4H3. The van der Waals surface area contributed by atoms with Crippen molar-refractivity contribution in [2.24, 2.45) is 0 Å². The first kappa shape index (κ1) is 17.5. The van der Waals surface area contributed by atoms with Gasteiger partial charge in [0.15, 0.2) is 5.65 Å². The summed E-state index contributed by atoms with van der Waals surface area (Å²) in [5.41, 5.74) is 0.988. The predicted octanol–water partition coefficient (Wildman–Crippen LogP) is 2.87. The van der Waals surface area contributed by atoms with Crippen LogP contribution >= 0.6 is 23.4 Å². The molecule has 5 nitrogen and oxygen atoms in total. The molecule has 1 unspecified atom stereocenters. The monoisotopic (exact) mass is 342 g/mol. The van der Waals surface area contributed by atoms with Gasteiger partial charge in [0.25, 0.3) is 0 Å². The number of fused-ring (bicyclic) bond motifs is 1. The van der Waals surface area contributed by atoms with Gasteiger partial charge in [0, 0.05) is 35.8 Å². The third kappa shape index (κ3) is 4.13. The Morgan fingerprint density at radius 1 is 1.50 bits per heavy atom. The summed E-state index contributed by atoms with van der Waals surface area (Å²) < 4.78 is 1.86. The summed E-state index contributed by atoms with van der Waals surface area (Å²) in [6.07, 6.45) is 3.79. The summed E-state index contributed by atoms with van der Waals surface area (Å²) in [5.74, 6) is 0.687. The fraction of sp³-hybridized carbons (Fsp3) is 0.600. The van der Waals surface area contributed by atoms with E-state index in [0.717, 1.165) is 16.6 Å². The zero-order valence-electron chi connectivity index (χ0n) is 13.4. The lowest BCUT2D eigenvalue weighted by atomic mass is 10.1. The Hall–Kier alpha value is -0.820. The van der Waals surface area contributed by atoms with Gasteiger partial charge in [0.05, 0.1) is 11.8 Å². The van der Waals surface area contributed by atoms with Gasteiger partial charge in [-0.15, -0.1) is 0 Å². The molecule has 0 amide bonds. The van der Waals surface area contributed by atoms with Gasteiger partial charge in [0.2, 0.25) is 0 Å². The van der Waals surface area contributed by atoms with Crippen LogP contribution in [-0.2, 0) is 6.54 Å². The number of halogens is 1. The summed E-state index contributed by atoms with van der Waals surface area (Å²) >= 11 is 7.91. The van der Waals surface area contributed by atoms with E-state index in [0.29, 0.717) is 24.0 Å². The largest absolute Gasteiger partial charge is 0.388 e. The van der Waals surface area contributed by atoms with Crippen LogP contribution in [-0.4, -0.2) is 44.0 Å². The molecular formula is C15H23ClN4OS. The average Bonchev–Trinajstić information content (AvgIpc) is 2.81. The number of hydrogen-bond acceptors (Lipinski definition) is 5. The van der Waals surface area contributed by atoms with E-state index in [-0.39, 0.29) is 6.04 Å². The number of thioether (sulfide) groups is 1. The molecule has 0 aliphatic heterocycles. The van der Waals surface area contributed by atoms with Crippen LogP contribution in [0.4, 0.5) is 0 Å². The third-order valence-corrected chi connectivity index (χ3v) is 4.60. The molecule has 0 aliphatic rings. The molecule has 2 heterocycles. The van der Waals surface area contributed by atoms with Crippen molar-refractivity contribution in [2.45, 2.75) is 39.0 Å². The van der Waals surface area contributed by atoms with Crippen LogP contribution in [0.25, 0.3) is 11.0 Å². The lowest BCUT2D eigenvalue weighted by Gasteiger charge is -2.22. The topological polar surface area (TPSA) is 63.0 Å². The van der Waals surface area contributed by atoms with Crippen LogP contribution in [0.5, 0.6) is 0 Å². The molecule has 7 heteroatoms. The van der Waals surface area contributed by atoms with E-state index in [1.807, 2.05) is 30.1 Å². The SMILES string of the molecule is CSCC(C)(O)CNCc1cc2cnn(C(C)C)c2nc1Cl. The Kier molecular flexibility index (Phi) is 5.71. The first-order chi connectivity index (χ1) is 10.3. The first-order valence-electron chi connectivity index (χ1n) is 7.29. The highest BCUT2D eigenvalue weighted by Gasteiger charge is 2.19. The molecule has 0 radical (unpaired) electrons. The van der Waals surface area contributed by atoms with E-state index >= 15 is 0 Å². The van der Waals surface area contributed by atoms with Crippen LogP contribution in [0, 0.1) is 0 Å². The highest BCUT2D eigenvalue weighted by atomic mass is 35.5. The molecule has 122 valence electrons. The second-order valence-electron chi connectivity index (χ2n) is 6.07. The molecule has 2 rings (SSSR count). The Labute approximate surface area is 140 Å². The summed E-state index contributed by atoms with van der Waals surface area (Å²) in [6, 6.07) is 2.25. The van der Waals surface area contributed by atoms with Crippen LogP contribution in [0.2, 0.25) is 5.15 Å². The van der Waals surface area contributed by atoms with E-state index < -0.39 is 5.60 Å². The van der Waals surface area contributed by atoms with E-state index in [2.05, 4.69) is 29.2 Å². The minimum Gasteiger partial charge on any atom is -0.388 e. The van der Waals surface area contributed by atoms with Crippen molar-refractivity contribution in [3.05, 3.63) is 23.0 Å². The molecule has 2 N–H and O–H groups in total. The lowest BCUT2D eigenvalue weighted by molar-refractivity contribution is 0.0846. The molecule has 2 aromatic rings. The van der Waals surface area contributed by atoms with Gasteiger partial charge in [-0.05, 0) is 33.1 Å². The third-order valence-electron chi connectivity index (χ3n) is 3.36. The molecule has 0 aromatic carbocycles. The molecule has 0 saturated carbocycles. The zero-order valence-corrected chi connectivity index (χ0v) is 15.0. The highest BCUT2D eigenvalue weighted by molar-refractivity contribution is 7.98. The van der Waals surface area contributed by atoms with E-state index in [4.69, 9.17) is 11.6 Å². The van der Waals surface area contributed by atoms with Crippen molar-refractivity contribution in [2.75, 3.05) is 18.6 Å². The normalized spacial score (nSPS) is 14.7. The Morgan fingerprint density at radius 3 is 2.86 bits per heavy atom. The maximum Gasteiger partial charge on any atom is 0.159 e. The quantitative estimate of drug-likeness (QED) is 0.757. The van der Waals surface area contributed by atoms with Gasteiger partial charge in [-0.2, -0.15) is 16.9 Å². The minimum atomic E-state index is -0.730. The van der Waals surface area contributed by atoms with Crippen molar-refractivity contribution in [3.63, 3.8) is 0 Å². The number of aliphatic hydroxyl groups is 1. The molecule has 2 aromatic heterocycles. The van der Waals surface area contributed by atoms with Gasteiger partial charge in [-0.3, -0.25) is 0 Å². The molecule has 22 heavy (non-hydrogen) atoms. The number of pyridine rings is 1. The van der Waals surface area contributed by atoms with Crippen LogP contribution in [0.15, 0.2) is 12.3 Å². The van der Waals surface area contributed by atoms with Gasteiger partial charge in [-0.25, -0.2) is 9.67 Å². The molecular weight excluding hydrogens is 320 g/mol. The molecule has 0 fully saturated rings. The smallest absolute Gasteiger partial charge is 0.159 e. The summed E-state index contributed by atoms with van der Waals surface area (Å²) in [4.78, 5) is 4.47. The Balaban J connectivity index is 2.11. The molecule has 0 aliphatic carbocycles. The summed E-state index contributed by atoms with van der Waals surface area (Å²) in [7, 11) is 0. The maximum absolute atomic E-state index is 10.2. The Morgan fingerprint density at radius 2 is 2.23 bits per heavy atom. The molecule has 0 saturated heterocycles. The molecule has 0 bridgehead atoms. The molecule has 0 spiro atoms. The van der Waals surface area contributed by atoms with Crippen molar-refractivity contribution in [3.8, 4) is 0 Å². The second kappa shape index (κ2) is 7.17. The van der Waals surface area contributed by atoms with Crippen LogP contribution in [0.1, 0.15) is 32.4 Å². The number of hydrogen-bond donors (Lipinski definition) is 2. The van der Waals surface area contributed by atoms with Gasteiger partial charge in [-0.1, -0.05) is 11.6 Å². The van der Waals surface area contributed by atoms with Crippen molar-refractivity contribution in [1.82, 2.24) is 20.1 Å². The fourth-order valence-corrected chi connectivity index (χ4v) is 3.25. The number of aromatic nitrogens is 3. The number of nitrogens with one attached hydrogen (secondary N) is 1. The van der Waals surface area contributed by atoms with Crippen molar-refractivity contribution >= 4 is 34.4 Å². The van der Waals surface area contributed by atoms with Gasteiger partial charge < -0.3 is 10.4 Å². The van der Waals surface area contributed by atoms with Crippen molar-refractivity contribution < 1.29 is 5.11 Å². The van der Waals surface area contributed by atoms with Gasteiger partial charge in [0.1, 0.15) is 5.15 Å². The van der Waals surface area contributed by atoms with E-state index in [9.17, 15) is 5.11 Å². The van der Waals surface area contributed by atoms with Crippen LogP contribution < -0.4 is 5.32 Å². The van der Waals surface area contributed by atoms with Crippen LogP contribution in [0.3, 0.4) is 0 Å². The summed E-state index contributed by atoms with van der Waals surface area (Å²) in [5, 5.41) is 19.2. The van der Waals surface area contributed by atoms with E-state index in [1.165, 1.54) is 0 Å². The number of nitrogens with zero attached hydrogens (tertiary/aromatic N) is 3. The Bertz CT molecular complexity index is 642. The molecule has 1 atom stereocenters. The van der Waals surface area contributed by atoms with Crippen molar-refractivity contribution in [1.29, 1.82) is 0 Å². The predicted molar refractivity (Wildman–Crippen MR) is 93.6 cm³/mol. The minimum absolute atomic E-state index is 0.242. The zero-order chi connectivity index (χ0) is 16.3. The second-order valence-corrected chi connectivity index (χ2v) is 7.29. The number of rotatable bonds is 7.